The van der Waals surface area contributed by atoms with E-state index < -0.39 is 0 Å². The van der Waals surface area contributed by atoms with Crippen LogP contribution in [0.5, 0.6) is 0 Å². The third-order valence-electron chi connectivity index (χ3n) is 2.74. The molecule has 1 aliphatic heterocycles. The quantitative estimate of drug-likeness (QED) is 0.605. The van der Waals surface area contributed by atoms with Crippen LogP contribution in [0.2, 0.25) is 0 Å². The maximum Gasteiger partial charge on any atom is 0.307 e. The van der Waals surface area contributed by atoms with Crippen LogP contribution in [0.25, 0.3) is 0 Å². The van der Waals surface area contributed by atoms with E-state index in [1.165, 1.54) is 0 Å². The molecule has 1 atom stereocenters. The maximum atomic E-state index is 11.3. The first-order valence-electron chi connectivity index (χ1n) is 6.07. The molecule has 0 aromatic carbocycles. The van der Waals surface area contributed by atoms with Crippen molar-refractivity contribution in [3.05, 3.63) is 0 Å². The fraction of sp³-hybridized carbons (Fsp3) is 0.909. The highest BCUT2D eigenvalue weighted by Gasteiger charge is 2.21. The number of carbonyl (C=O) groups is 1. The number of esters is 1. The third-order valence-corrected chi connectivity index (χ3v) is 2.74. The Kier molecular flexibility index (Phi) is 6.37. The van der Waals surface area contributed by atoms with Gasteiger partial charge in [-0.2, -0.15) is 0 Å². The van der Waals surface area contributed by atoms with Crippen LogP contribution in [-0.2, 0) is 9.53 Å². The van der Waals surface area contributed by atoms with Crippen molar-refractivity contribution in [2.75, 3.05) is 39.3 Å². The van der Waals surface area contributed by atoms with Gasteiger partial charge in [0.2, 0.25) is 0 Å². The van der Waals surface area contributed by atoms with Crippen LogP contribution in [0.1, 0.15) is 19.8 Å². The average molecular weight is 229 g/mol. The molecule has 94 valence electrons. The van der Waals surface area contributed by atoms with Crippen molar-refractivity contribution in [1.82, 2.24) is 10.2 Å². The Labute approximate surface area is 97.3 Å². The number of hydrogen-bond donors (Lipinski definition) is 2. The summed E-state index contributed by atoms with van der Waals surface area (Å²) in [6.45, 7) is 6.94. The second kappa shape index (κ2) is 7.60. The first kappa shape index (κ1) is 13.4. The van der Waals surface area contributed by atoms with Gasteiger partial charge in [-0.25, -0.2) is 0 Å². The predicted octanol–water partition coefficient (Wildman–Crippen LogP) is -0.438. The molecule has 0 aromatic heterocycles. The molecule has 1 fully saturated rings. The van der Waals surface area contributed by atoms with Crippen LogP contribution in [0.3, 0.4) is 0 Å². The number of hydrogen-bond acceptors (Lipinski definition) is 5. The Morgan fingerprint density at radius 2 is 2.44 bits per heavy atom. The molecule has 3 N–H and O–H groups in total. The van der Waals surface area contributed by atoms with Gasteiger partial charge in [-0.15, -0.1) is 0 Å². The molecule has 5 heteroatoms. The molecular formula is C11H23N3O2. The Hall–Kier alpha value is -0.650. The molecule has 16 heavy (non-hydrogen) atoms. The lowest BCUT2D eigenvalue weighted by molar-refractivity contribution is -0.143. The topological polar surface area (TPSA) is 67.6 Å². The highest BCUT2D eigenvalue weighted by molar-refractivity contribution is 5.70. The normalized spacial score (nSPS) is 22.0. The van der Waals surface area contributed by atoms with E-state index >= 15 is 0 Å². The van der Waals surface area contributed by atoms with Gasteiger partial charge >= 0.3 is 5.97 Å². The second-order valence-corrected chi connectivity index (χ2v) is 4.10. The van der Waals surface area contributed by atoms with Gasteiger partial charge in [0.05, 0.1) is 13.0 Å². The zero-order valence-electron chi connectivity index (χ0n) is 10.1. The van der Waals surface area contributed by atoms with Gasteiger partial charge in [0.15, 0.2) is 0 Å². The SMILES string of the molecule is CCOC(=O)CC1CN(CCCN)CCN1. The molecule has 1 aliphatic rings. The van der Waals surface area contributed by atoms with Crippen LogP contribution >= 0.6 is 0 Å². The lowest BCUT2D eigenvalue weighted by Gasteiger charge is -2.33. The number of nitrogens with one attached hydrogen (secondary N) is 1. The van der Waals surface area contributed by atoms with Gasteiger partial charge < -0.3 is 20.7 Å². The van der Waals surface area contributed by atoms with Gasteiger partial charge in [-0.3, -0.25) is 4.79 Å². The highest BCUT2D eigenvalue weighted by atomic mass is 16.5. The van der Waals surface area contributed by atoms with Crippen molar-refractivity contribution < 1.29 is 9.53 Å². The van der Waals surface area contributed by atoms with E-state index in [4.69, 9.17) is 10.5 Å². The monoisotopic (exact) mass is 229 g/mol. The van der Waals surface area contributed by atoms with Crippen molar-refractivity contribution in [1.29, 1.82) is 0 Å². The predicted molar refractivity (Wildman–Crippen MR) is 63.2 cm³/mol. The summed E-state index contributed by atoms with van der Waals surface area (Å²) in [4.78, 5) is 13.7. The first-order chi connectivity index (χ1) is 7.76. The van der Waals surface area contributed by atoms with E-state index in [1.54, 1.807) is 0 Å². The molecular weight excluding hydrogens is 206 g/mol. The molecule has 0 radical (unpaired) electrons. The van der Waals surface area contributed by atoms with E-state index in [1.807, 2.05) is 6.92 Å². The van der Waals surface area contributed by atoms with Gasteiger partial charge in [-0.1, -0.05) is 0 Å². The molecule has 5 nitrogen and oxygen atoms in total. The summed E-state index contributed by atoms with van der Waals surface area (Å²) < 4.78 is 4.94. The van der Waals surface area contributed by atoms with E-state index in [9.17, 15) is 4.79 Å². The third kappa shape index (κ3) is 4.92. The summed E-state index contributed by atoms with van der Waals surface area (Å²) in [7, 11) is 0. The zero-order chi connectivity index (χ0) is 11.8. The average Bonchev–Trinajstić information content (AvgIpc) is 2.27. The Bertz CT molecular complexity index is 211. The fourth-order valence-corrected chi connectivity index (χ4v) is 1.97. The molecule has 0 aromatic rings. The van der Waals surface area contributed by atoms with Crippen molar-refractivity contribution in [2.24, 2.45) is 5.73 Å². The lowest BCUT2D eigenvalue weighted by Crippen LogP contribution is -2.51. The van der Waals surface area contributed by atoms with Crippen LogP contribution in [0, 0.1) is 0 Å². The van der Waals surface area contributed by atoms with Crippen molar-refractivity contribution in [3.63, 3.8) is 0 Å². The fourth-order valence-electron chi connectivity index (χ4n) is 1.97. The molecule has 0 aliphatic carbocycles. The summed E-state index contributed by atoms with van der Waals surface area (Å²) in [6, 6.07) is 0.227. The van der Waals surface area contributed by atoms with Crippen LogP contribution in [0.15, 0.2) is 0 Å². The smallest absolute Gasteiger partial charge is 0.307 e. The molecule has 1 heterocycles. The van der Waals surface area contributed by atoms with E-state index in [0.717, 1.165) is 39.1 Å². The van der Waals surface area contributed by atoms with Crippen molar-refractivity contribution in [3.8, 4) is 0 Å². The Morgan fingerprint density at radius 3 is 3.12 bits per heavy atom. The van der Waals surface area contributed by atoms with E-state index in [0.29, 0.717) is 13.0 Å². The Balaban J connectivity index is 2.24. The number of piperazine rings is 1. The summed E-state index contributed by atoms with van der Waals surface area (Å²) in [5.41, 5.74) is 5.48. The number of nitrogens with two attached hydrogens (primary N) is 1. The first-order valence-corrected chi connectivity index (χ1v) is 6.07. The summed E-state index contributed by atoms with van der Waals surface area (Å²) in [5, 5.41) is 3.34. The molecule has 0 amide bonds. The van der Waals surface area contributed by atoms with Crippen LogP contribution in [-0.4, -0.2) is 56.2 Å². The zero-order valence-corrected chi connectivity index (χ0v) is 10.1. The minimum absolute atomic E-state index is 0.110. The minimum Gasteiger partial charge on any atom is -0.466 e. The molecule has 1 saturated heterocycles. The number of ether oxygens (including phenoxy) is 1. The molecule has 0 bridgehead atoms. The molecule has 1 rings (SSSR count). The standard InChI is InChI=1S/C11H23N3O2/c1-2-16-11(15)8-10-9-14(6-3-4-12)7-5-13-10/h10,13H,2-9,12H2,1H3. The van der Waals surface area contributed by atoms with E-state index in [2.05, 4.69) is 10.2 Å². The van der Waals surface area contributed by atoms with Crippen LogP contribution in [0.4, 0.5) is 0 Å². The second-order valence-electron chi connectivity index (χ2n) is 4.10. The molecule has 1 unspecified atom stereocenters. The van der Waals surface area contributed by atoms with Crippen LogP contribution < -0.4 is 11.1 Å². The number of nitrogens with zero attached hydrogens (tertiary/aromatic N) is 1. The number of rotatable bonds is 6. The van der Waals surface area contributed by atoms with E-state index in [-0.39, 0.29) is 12.0 Å². The number of carbonyl (C=O) groups excluding carboxylic acids is 1. The van der Waals surface area contributed by atoms with Gasteiger partial charge in [0, 0.05) is 25.7 Å². The van der Waals surface area contributed by atoms with Crippen molar-refractivity contribution >= 4 is 5.97 Å². The van der Waals surface area contributed by atoms with Gasteiger partial charge in [-0.05, 0) is 26.4 Å². The van der Waals surface area contributed by atoms with Gasteiger partial charge in [0.1, 0.15) is 0 Å². The molecule has 0 saturated carbocycles. The van der Waals surface area contributed by atoms with Gasteiger partial charge in [0.25, 0.3) is 0 Å². The Morgan fingerprint density at radius 1 is 1.62 bits per heavy atom. The highest BCUT2D eigenvalue weighted by Crippen LogP contribution is 2.04. The summed E-state index contributed by atoms with van der Waals surface area (Å²) in [6.07, 6.45) is 1.49. The van der Waals surface area contributed by atoms with Crippen molar-refractivity contribution in [2.45, 2.75) is 25.8 Å². The lowest BCUT2D eigenvalue weighted by atomic mass is 10.1. The minimum atomic E-state index is -0.110. The maximum absolute atomic E-state index is 11.3. The largest absolute Gasteiger partial charge is 0.466 e. The summed E-state index contributed by atoms with van der Waals surface area (Å²) in [5.74, 6) is -0.110. The molecule has 0 spiro atoms. The summed E-state index contributed by atoms with van der Waals surface area (Å²) >= 11 is 0.